The van der Waals surface area contributed by atoms with Gasteiger partial charge in [-0.05, 0) is 16.7 Å². The highest BCUT2D eigenvalue weighted by Gasteiger charge is 2.46. The summed E-state index contributed by atoms with van der Waals surface area (Å²) in [4.78, 5) is 26.8. The van der Waals surface area contributed by atoms with E-state index in [1.165, 1.54) is 4.90 Å². The van der Waals surface area contributed by atoms with Crippen molar-refractivity contribution < 1.29 is 19.1 Å². The van der Waals surface area contributed by atoms with E-state index in [4.69, 9.17) is 9.47 Å². The molecule has 3 aromatic carbocycles. The average molecular weight is 399 g/mol. The maximum Gasteiger partial charge on any atom is 0.415 e. The van der Waals surface area contributed by atoms with Crippen LogP contribution in [0.25, 0.3) is 0 Å². The van der Waals surface area contributed by atoms with Crippen molar-refractivity contribution in [1.82, 2.24) is 4.90 Å². The summed E-state index contributed by atoms with van der Waals surface area (Å²) in [6, 6.07) is 27.7. The van der Waals surface area contributed by atoms with E-state index in [9.17, 15) is 9.59 Å². The quantitative estimate of drug-likeness (QED) is 0.423. The lowest BCUT2D eigenvalue weighted by Gasteiger charge is -2.25. The molecule has 5 nitrogen and oxygen atoms in total. The van der Waals surface area contributed by atoms with Gasteiger partial charge in [-0.1, -0.05) is 97.6 Å². The van der Waals surface area contributed by atoms with Gasteiger partial charge in [0.15, 0.2) is 6.10 Å². The average Bonchev–Trinajstić information content (AvgIpc) is 3.15. The lowest BCUT2D eigenvalue weighted by Crippen LogP contribution is -2.31. The number of rotatable bonds is 6. The molecule has 150 valence electrons. The number of ether oxygens (including phenoxy) is 2. The van der Waals surface area contributed by atoms with Crippen molar-refractivity contribution in [2.75, 3.05) is 0 Å². The first-order valence-corrected chi connectivity index (χ1v) is 9.65. The van der Waals surface area contributed by atoms with Crippen LogP contribution in [0.3, 0.4) is 0 Å². The van der Waals surface area contributed by atoms with E-state index in [-0.39, 0.29) is 12.3 Å². The molecule has 2 atom stereocenters. The van der Waals surface area contributed by atoms with Crippen LogP contribution >= 0.6 is 0 Å². The molecule has 1 amide bonds. The SMILES string of the molecule is C=C(C(=O)OCc1ccccc1)N1C(=O)O[C@H](c2ccccc2)[C@@H]1c1ccccc1. The van der Waals surface area contributed by atoms with Crippen LogP contribution in [0.15, 0.2) is 103 Å². The van der Waals surface area contributed by atoms with E-state index in [1.807, 2.05) is 91.0 Å². The molecule has 0 radical (unpaired) electrons. The van der Waals surface area contributed by atoms with Gasteiger partial charge in [-0.2, -0.15) is 0 Å². The minimum absolute atomic E-state index is 0.0526. The van der Waals surface area contributed by atoms with Gasteiger partial charge < -0.3 is 9.47 Å². The molecule has 5 heteroatoms. The highest BCUT2D eigenvalue weighted by molar-refractivity contribution is 5.92. The fraction of sp³-hybridized carbons (Fsp3) is 0.120. The van der Waals surface area contributed by atoms with Crippen LogP contribution in [0.2, 0.25) is 0 Å². The van der Waals surface area contributed by atoms with Crippen LogP contribution in [0.1, 0.15) is 28.8 Å². The van der Waals surface area contributed by atoms with Crippen LogP contribution < -0.4 is 0 Å². The molecule has 1 fully saturated rings. The Balaban J connectivity index is 1.60. The molecular weight excluding hydrogens is 378 g/mol. The Hall–Kier alpha value is -3.86. The van der Waals surface area contributed by atoms with E-state index in [2.05, 4.69) is 6.58 Å². The van der Waals surface area contributed by atoms with Crippen LogP contribution in [0.5, 0.6) is 0 Å². The predicted octanol–water partition coefficient (Wildman–Crippen LogP) is 5.18. The first-order chi connectivity index (χ1) is 14.6. The second kappa shape index (κ2) is 8.66. The Morgan fingerprint density at radius 2 is 1.40 bits per heavy atom. The van der Waals surface area contributed by atoms with Gasteiger partial charge in [0, 0.05) is 0 Å². The predicted molar refractivity (Wildman–Crippen MR) is 112 cm³/mol. The van der Waals surface area contributed by atoms with Gasteiger partial charge in [0.2, 0.25) is 0 Å². The molecule has 0 unspecified atom stereocenters. The highest BCUT2D eigenvalue weighted by atomic mass is 16.6. The van der Waals surface area contributed by atoms with E-state index in [0.717, 1.165) is 16.7 Å². The van der Waals surface area contributed by atoms with Gasteiger partial charge in [0.05, 0.1) is 0 Å². The Morgan fingerprint density at radius 3 is 2.00 bits per heavy atom. The summed E-state index contributed by atoms with van der Waals surface area (Å²) in [6.45, 7) is 3.95. The van der Waals surface area contributed by atoms with E-state index in [1.54, 1.807) is 0 Å². The number of esters is 1. The number of cyclic esters (lactones) is 1. The van der Waals surface area contributed by atoms with Crippen molar-refractivity contribution >= 4 is 12.1 Å². The van der Waals surface area contributed by atoms with Crippen LogP contribution in [-0.4, -0.2) is 17.0 Å². The summed E-state index contributed by atoms with van der Waals surface area (Å²) < 4.78 is 11.1. The fourth-order valence-electron chi connectivity index (χ4n) is 3.53. The second-order valence-electron chi connectivity index (χ2n) is 6.95. The van der Waals surface area contributed by atoms with Crippen molar-refractivity contribution in [3.05, 3.63) is 120 Å². The Kier molecular flexibility index (Phi) is 5.61. The standard InChI is InChI=1S/C25H21NO4/c1-18(24(27)29-17-19-11-5-2-6-12-19)26-22(20-13-7-3-8-14-20)23(30-25(26)28)21-15-9-4-10-16-21/h2-16,22-23H,1,17H2/t22-,23+/m0/s1. The van der Waals surface area contributed by atoms with Gasteiger partial charge >= 0.3 is 12.1 Å². The smallest absolute Gasteiger partial charge is 0.415 e. The summed E-state index contributed by atoms with van der Waals surface area (Å²) in [5, 5.41) is 0. The molecule has 0 spiro atoms. The summed E-state index contributed by atoms with van der Waals surface area (Å²) in [6.07, 6.45) is -1.20. The maximum absolute atomic E-state index is 12.8. The molecule has 3 aromatic rings. The molecule has 0 saturated carbocycles. The van der Waals surface area contributed by atoms with Gasteiger partial charge in [-0.25, -0.2) is 9.59 Å². The van der Waals surface area contributed by atoms with Crippen LogP contribution in [0.4, 0.5) is 4.79 Å². The van der Waals surface area contributed by atoms with E-state index < -0.39 is 24.2 Å². The maximum atomic E-state index is 12.8. The topological polar surface area (TPSA) is 55.8 Å². The summed E-state index contributed by atoms with van der Waals surface area (Å²) in [5.74, 6) is -0.662. The number of carbonyl (C=O) groups excluding carboxylic acids is 2. The molecular formula is C25H21NO4. The van der Waals surface area contributed by atoms with Crippen LogP contribution in [-0.2, 0) is 20.9 Å². The summed E-state index contributed by atoms with van der Waals surface area (Å²) in [7, 11) is 0. The highest BCUT2D eigenvalue weighted by Crippen LogP contribution is 2.44. The summed E-state index contributed by atoms with van der Waals surface area (Å²) in [5.41, 5.74) is 2.48. The van der Waals surface area contributed by atoms with Gasteiger partial charge in [-0.15, -0.1) is 0 Å². The van der Waals surface area contributed by atoms with Crippen LogP contribution in [0, 0.1) is 0 Å². The number of hydrogen-bond acceptors (Lipinski definition) is 4. The first kappa shape index (κ1) is 19.5. The molecule has 1 aliphatic rings. The first-order valence-electron chi connectivity index (χ1n) is 9.65. The molecule has 1 aliphatic heterocycles. The molecule has 4 rings (SSSR count). The van der Waals surface area contributed by atoms with E-state index in [0.29, 0.717) is 0 Å². The zero-order chi connectivity index (χ0) is 20.9. The summed E-state index contributed by atoms with van der Waals surface area (Å²) >= 11 is 0. The number of benzene rings is 3. The molecule has 30 heavy (non-hydrogen) atoms. The monoisotopic (exact) mass is 399 g/mol. The molecule has 0 N–H and O–H groups in total. The lowest BCUT2D eigenvalue weighted by atomic mass is 9.95. The zero-order valence-corrected chi connectivity index (χ0v) is 16.3. The number of nitrogens with zero attached hydrogens (tertiary/aromatic N) is 1. The van der Waals surface area contributed by atoms with Crippen molar-refractivity contribution in [2.45, 2.75) is 18.8 Å². The molecule has 0 aromatic heterocycles. The molecule has 0 bridgehead atoms. The Labute approximate surface area is 175 Å². The van der Waals surface area contributed by atoms with Crippen molar-refractivity contribution in [2.24, 2.45) is 0 Å². The minimum Gasteiger partial charge on any atom is -0.456 e. The van der Waals surface area contributed by atoms with E-state index >= 15 is 0 Å². The third kappa shape index (κ3) is 3.96. The number of hydrogen-bond donors (Lipinski definition) is 0. The fourth-order valence-corrected chi connectivity index (χ4v) is 3.53. The van der Waals surface area contributed by atoms with Crippen molar-refractivity contribution in [3.8, 4) is 0 Å². The largest absolute Gasteiger partial charge is 0.456 e. The van der Waals surface area contributed by atoms with Gasteiger partial charge in [0.25, 0.3) is 0 Å². The Morgan fingerprint density at radius 1 is 0.867 bits per heavy atom. The molecule has 1 saturated heterocycles. The van der Waals surface area contributed by atoms with Crippen molar-refractivity contribution in [1.29, 1.82) is 0 Å². The lowest BCUT2D eigenvalue weighted by molar-refractivity contribution is -0.142. The molecule has 1 heterocycles. The van der Waals surface area contributed by atoms with Gasteiger partial charge in [0.1, 0.15) is 18.3 Å². The Bertz CT molecular complexity index is 1030. The third-order valence-electron chi connectivity index (χ3n) is 5.00. The zero-order valence-electron chi connectivity index (χ0n) is 16.3. The molecule has 0 aliphatic carbocycles. The normalized spacial score (nSPS) is 18.0. The second-order valence-corrected chi connectivity index (χ2v) is 6.95. The van der Waals surface area contributed by atoms with Gasteiger partial charge in [-0.3, -0.25) is 4.90 Å². The third-order valence-corrected chi connectivity index (χ3v) is 5.00. The minimum atomic E-state index is -0.662. The number of amides is 1. The van der Waals surface area contributed by atoms with Crippen molar-refractivity contribution in [3.63, 3.8) is 0 Å². The number of carbonyl (C=O) groups is 2.